The summed E-state index contributed by atoms with van der Waals surface area (Å²) in [6.07, 6.45) is 3.92. The van der Waals surface area contributed by atoms with E-state index in [0.29, 0.717) is 13.0 Å². The summed E-state index contributed by atoms with van der Waals surface area (Å²) < 4.78 is 13.5. The van der Waals surface area contributed by atoms with Gasteiger partial charge < -0.3 is 13.7 Å². The van der Waals surface area contributed by atoms with Crippen molar-refractivity contribution in [2.45, 2.75) is 78.3 Å². The van der Waals surface area contributed by atoms with E-state index in [1.54, 1.807) is 0 Å². The van der Waals surface area contributed by atoms with Crippen LogP contribution in [-0.4, -0.2) is 53.4 Å². The molecule has 0 rings (SSSR count). The van der Waals surface area contributed by atoms with Crippen LogP contribution >= 0.6 is 0 Å². The lowest BCUT2D eigenvalue weighted by atomic mass is 10.3. The molecule has 0 bridgehead atoms. The molecule has 0 radical (unpaired) electrons. The summed E-state index contributed by atoms with van der Waals surface area (Å²) in [4.78, 5) is 11.5. The quantitative estimate of drug-likeness (QED) is 0.275. The summed E-state index contributed by atoms with van der Waals surface area (Å²) in [5.41, 5.74) is 0. The molecule has 138 valence electrons. The van der Waals surface area contributed by atoms with E-state index in [1.165, 1.54) is 18.9 Å². The van der Waals surface area contributed by atoms with Crippen molar-refractivity contribution in [3.05, 3.63) is 0 Å². The van der Waals surface area contributed by atoms with Gasteiger partial charge in [-0.2, -0.15) is 0 Å². The van der Waals surface area contributed by atoms with Gasteiger partial charge in [-0.3, -0.25) is 4.79 Å². The largest absolute Gasteiger partial charge is 0.466 e. The molecule has 0 aromatic heterocycles. The fourth-order valence-electron chi connectivity index (χ4n) is 2.75. The van der Waals surface area contributed by atoms with E-state index in [1.807, 2.05) is 6.92 Å². The highest BCUT2D eigenvalue weighted by Gasteiger charge is 2.24. The average molecular weight is 362 g/mol. The molecule has 0 amide bonds. The first kappa shape index (κ1) is 22.8. The van der Waals surface area contributed by atoms with E-state index >= 15 is 0 Å². The van der Waals surface area contributed by atoms with Crippen molar-refractivity contribution < 1.29 is 14.0 Å². The molecule has 0 atom stereocenters. The minimum Gasteiger partial charge on any atom is -0.466 e. The lowest BCUT2D eigenvalue weighted by Crippen LogP contribution is -2.47. The highest BCUT2D eigenvalue weighted by molar-refractivity contribution is 6.73. The minimum atomic E-state index is -1.44. The third-order valence-electron chi connectivity index (χ3n) is 4.05. The lowest BCUT2D eigenvalue weighted by Gasteiger charge is -2.34. The standard InChI is InChI=1S/C17H39NO3Si2/c1-8-20-17(19)13-12-15-18(22(3,4)5)14-10-11-16-23(6,7)21-9-2/h8-16H2,1-7H3. The van der Waals surface area contributed by atoms with E-state index in [9.17, 15) is 4.79 Å². The summed E-state index contributed by atoms with van der Waals surface area (Å²) in [5.74, 6) is -0.0625. The molecule has 0 heterocycles. The van der Waals surface area contributed by atoms with Gasteiger partial charge in [0.25, 0.3) is 0 Å². The van der Waals surface area contributed by atoms with Crippen LogP contribution in [0, 0.1) is 0 Å². The Kier molecular flexibility index (Phi) is 11.3. The van der Waals surface area contributed by atoms with Crippen molar-refractivity contribution in [3.8, 4) is 0 Å². The van der Waals surface area contributed by atoms with Crippen LogP contribution in [0.1, 0.15) is 39.5 Å². The maximum Gasteiger partial charge on any atom is 0.305 e. The second kappa shape index (κ2) is 11.4. The highest BCUT2D eigenvalue weighted by atomic mass is 28.4. The summed E-state index contributed by atoms with van der Waals surface area (Å²) in [7, 11) is -2.77. The Morgan fingerprint density at radius 3 is 2.04 bits per heavy atom. The van der Waals surface area contributed by atoms with Crippen molar-refractivity contribution in [2.24, 2.45) is 0 Å². The van der Waals surface area contributed by atoms with Gasteiger partial charge in [-0.05, 0) is 58.9 Å². The van der Waals surface area contributed by atoms with Crippen LogP contribution in [0.15, 0.2) is 0 Å². The molecule has 23 heavy (non-hydrogen) atoms. The Morgan fingerprint density at radius 1 is 0.913 bits per heavy atom. The van der Waals surface area contributed by atoms with E-state index in [-0.39, 0.29) is 5.97 Å². The van der Waals surface area contributed by atoms with Crippen LogP contribution in [0.4, 0.5) is 0 Å². The first-order valence-electron chi connectivity index (χ1n) is 9.17. The van der Waals surface area contributed by atoms with E-state index in [4.69, 9.17) is 9.16 Å². The zero-order chi connectivity index (χ0) is 17.9. The molecule has 0 unspecified atom stereocenters. The Morgan fingerprint density at radius 2 is 1.52 bits per heavy atom. The summed E-state index contributed by atoms with van der Waals surface area (Å²) in [5, 5.41) is 0. The van der Waals surface area contributed by atoms with Crippen molar-refractivity contribution in [2.75, 3.05) is 26.3 Å². The first-order chi connectivity index (χ1) is 10.6. The predicted molar refractivity (Wildman–Crippen MR) is 104 cm³/mol. The van der Waals surface area contributed by atoms with E-state index in [2.05, 4.69) is 44.2 Å². The second-order valence-corrected chi connectivity index (χ2v) is 17.0. The van der Waals surface area contributed by atoms with Crippen molar-refractivity contribution in [3.63, 3.8) is 0 Å². The number of carbonyl (C=O) groups is 1. The molecule has 0 saturated carbocycles. The van der Waals surface area contributed by atoms with E-state index < -0.39 is 16.6 Å². The molecule has 0 aliphatic heterocycles. The maximum atomic E-state index is 11.5. The van der Waals surface area contributed by atoms with E-state index in [0.717, 1.165) is 26.1 Å². The smallest absolute Gasteiger partial charge is 0.305 e. The second-order valence-electron chi connectivity index (χ2n) is 7.72. The Labute approximate surface area is 146 Å². The number of esters is 1. The third-order valence-corrected chi connectivity index (χ3v) is 9.03. The molecular formula is C17H39NO3Si2. The zero-order valence-corrected chi connectivity index (χ0v) is 18.5. The van der Waals surface area contributed by atoms with Crippen LogP contribution < -0.4 is 0 Å². The molecule has 0 aliphatic carbocycles. The number of ether oxygens (including phenoxy) is 1. The molecule has 0 spiro atoms. The Hall–Kier alpha value is -0.176. The van der Waals surface area contributed by atoms with Crippen LogP contribution in [0.3, 0.4) is 0 Å². The fourth-order valence-corrected chi connectivity index (χ4v) is 6.43. The van der Waals surface area contributed by atoms with Gasteiger partial charge in [0.1, 0.15) is 8.24 Å². The molecule has 6 heteroatoms. The van der Waals surface area contributed by atoms with Gasteiger partial charge in [0.2, 0.25) is 0 Å². The molecule has 0 aromatic rings. The fraction of sp³-hybridized carbons (Fsp3) is 0.941. The van der Waals surface area contributed by atoms with Crippen LogP contribution in [0.5, 0.6) is 0 Å². The summed E-state index contributed by atoms with van der Waals surface area (Å²) in [6, 6.07) is 1.24. The summed E-state index contributed by atoms with van der Waals surface area (Å²) in [6.45, 7) is 19.2. The lowest BCUT2D eigenvalue weighted by molar-refractivity contribution is -0.143. The van der Waals surface area contributed by atoms with Crippen LogP contribution in [0.25, 0.3) is 0 Å². The van der Waals surface area contributed by atoms with Crippen molar-refractivity contribution in [1.29, 1.82) is 0 Å². The van der Waals surface area contributed by atoms with Gasteiger partial charge >= 0.3 is 5.97 Å². The molecule has 4 nitrogen and oxygen atoms in total. The summed E-state index contributed by atoms with van der Waals surface area (Å²) >= 11 is 0. The minimum absolute atomic E-state index is 0.0625. The molecule has 0 N–H and O–H groups in total. The molecular weight excluding hydrogens is 322 g/mol. The number of hydrogen-bond donors (Lipinski definition) is 0. The third kappa shape index (κ3) is 11.9. The van der Waals surface area contributed by atoms with Crippen molar-refractivity contribution in [1.82, 2.24) is 4.57 Å². The van der Waals surface area contributed by atoms with Gasteiger partial charge in [0.15, 0.2) is 8.32 Å². The zero-order valence-electron chi connectivity index (χ0n) is 16.5. The van der Waals surface area contributed by atoms with Gasteiger partial charge in [-0.15, -0.1) is 0 Å². The molecule has 0 aliphatic rings. The molecule has 0 fully saturated rings. The number of carbonyl (C=O) groups excluding carboxylic acids is 1. The Bertz CT molecular complexity index is 330. The number of unbranched alkanes of at least 4 members (excludes halogenated alkanes) is 1. The molecule has 0 aromatic carbocycles. The highest BCUT2D eigenvalue weighted by Crippen LogP contribution is 2.17. The maximum absolute atomic E-state index is 11.5. The van der Waals surface area contributed by atoms with Crippen LogP contribution in [0.2, 0.25) is 38.8 Å². The number of rotatable bonds is 13. The molecule has 0 saturated heterocycles. The first-order valence-corrected chi connectivity index (χ1v) is 15.7. The topological polar surface area (TPSA) is 38.8 Å². The monoisotopic (exact) mass is 361 g/mol. The predicted octanol–water partition coefficient (Wildman–Crippen LogP) is 4.49. The SMILES string of the molecule is CCOC(=O)CCCN(CCCC[Si](C)(C)OCC)[Si](C)(C)C. The van der Waals surface area contributed by atoms with Gasteiger partial charge in [0, 0.05) is 13.0 Å². The number of nitrogens with zero attached hydrogens (tertiary/aromatic N) is 1. The van der Waals surface area contributed by atoms with Gasteiger partial charge in [0.05, 0.1) is 6.61 Å². The van der Waals surface area contributed by atoms with Gasteiger partial charge in [-0.25, -0.2) is 0 Å². The Balaban J connectivity index is 4.14. The average Bonchev–Trinajstić information content (AvgIpc) is 2.40. The van der Waals surface area contributed by atoms with Gasteiger partial charge in [-0.1, -0.05) is 26.1 Å². The van der Waals surface area contributed by atoms with Crippen molar-refractivity contribution >= 4 is 22.5 Å². The normalized spacial score (nSPS) is 12.7. The van der Waals surface area contributed by atoms with Crippen LogP contribution in [-0.2, 0) is 14.0 Å². The number of hydrogen-bond acceptors (Lipinski definition) is 4.